The summed E-state index contributed by atoms with van der Waals surface area (Å²) in [4.78, 5) is 9.82. The molecule has 0 bridgehead atoms. The lowest BCUT2D eigenvalue weighted by atomic mass is 10.1. The highest BCUT2D eigenvalue weighted by molar-refractivity contribution is 5.55. The second-order valence-electron chi connectivity index (χ2n) is 2.25. The van der Waals surface area contributed by atoms with E-state index >= 15 is 0 Å². The van der Waals surface area contributed by atoms with Gasteiger partial charge in [0.05, 0.1) is 12.2 Å². The van der Waals surface area contributed by atoms with Crippen molar-refractivity contribution in [2.24, 2.45) is 0 Å². The number of carbonyl (C=O) groups excluding carboxylic acids is 1. The van der Waals surface area contributed by atoms with Crippen LogP contribution in [0, 0.1) is 0 Å². The summed E-state index contributed by atoms with van der Waals surface area (Å²) < 4.78 is 0. The first-order chi connectivity index (χ1) is 4.57. The molecule has 4 heteroatoms. The summed E-state index contributed by atoms with van der Waals surface area (Å²) in [5.41, 5.74) is 0. The van der Waals surface area contributed by atoms with E-state index in [0.717, 1.165) is 0 Å². The van der Waals surface area contributed by atoms with Gasteiger partial charge in [-0.05, 0) is 6.92 Å². The fourth-order valence-electron chi connectivity index (χ4n) is 0.500. The molecular weight excluding hydrogens is 136 g/mol. The van der Waals surface area contributed by atoms with Gasteiger partial charge in [-0.1, -0.05) is 0 Å². The predicted octanol–water partition coefficient (Wildman–Crippen LogP) is -1.32. The first-order valence-electron chi connectivity index (χ1n) is 3.07. The van der Waals surface area contributed by atoms with Crippen LogP contribution in [0.25, 0.3) is 0 Å². The Bertz CT molecular complexity index is 102. The number of aliphatic hydroxyl groups is 3. The molecule has 0 aromatic heterocycles. The van der Waals surface area contributed by atoms with Crippen molar-refractivity contribution in [2.45, 2.75) is 31.7 Å². The Morgan fingerprint density at radius 3 is 2.20 bits per heavy atom. The van der Waals surface area contributed by atoms with Gasteiger partial charge in [0.2, 0.25) is 0 Å². The molecule has 0 aliphatic carbocycles. The van der Waals surface area contributed by atoms with Gasteiger partial charge in [0, 0.05) is 6.42 Å². The molecule has 0 aromatic carbocycles. The van der Waals surface area contributed by atoms with Crippen molar-refractivity contribution in [1.82, 2.24) is 0 Å². The van der Waals surface area contributed by atoms with E-state index < -0.39 is 18.3 Å². The van der Waals surface area contributed by atoms with Crippen LogP contribution in [0.15, 0.2) is 0 Å². The average molecular weight is 148 g/mol. The molecule has 0 unspecified atom stereocenters. The second kappa shape index (κ2) is 4.38. The number of rotatable bonds is 4. The summed E-state index contributed by atoms with van der Waals surface area (Å²) in [5.74, 6) is 0. The van der Waals surface area contributed by atoms with Crippen molar-refractivity contribution in [1.29, 1.82) is 0 Å². The standard InChI is InChI=1S/C6H12O4/c1-4(8)6(10)2-5(9)3-7/h3-6,8-10H,2H2,1H3/t4-,5+,6+/m0/s1. The maximum Gasteiger partial charge on any atom is 0.148 e. The van der Waals surface area contributed by atoms with Crippen LogP contribution in [0.2, 0.25) is 0 Å². The van der Waals surface area contributed by atoms with Crippen LogP contribution in [-0.2, 0) is 4.79 Å². The van der Waals surface area contributed by atoms with E-state index in [0.29, 0.717) is 6.29 Å². The molecule has 0 aliphatic heterocycles. The summed E-state index contributed by atoms with van der Waals surface area (Å²) in [6.45, 7) is 1.39. The maximum atomic E-state index is 9.82. The largest absolute Gasteiger partial charge is 0.391 e. The van der Waals surface area contributed by atoms with Gasteiger partial charge in [0.25, 0.3) is 0 Å². The normalized spacial score (nSPS) is 19.6. The summed E-state index contributed by atoms with van der Waals surface area (Å²) in [5, 5.41) is 26.2. The van der Waals surface area contributed by atoms with Gasteiger partial charge in [-0.15, -0.1) is 0 Å². The molecule has 0 radical (unpaired) electrons. The minimum atomic E-state index is -1.18. The lowest BCUT2D eigenvalue weighted by molar-refractivity contribution is -0.117. The summed E-state index contributed by atoms with van der Waals surface area (Å²) in [7, 11) is 0. The zero-order chi connectivity index (χ0) is 8.15. The molecule has 3 N–H and O–H groups in total. The van der Waals surface area contributed by atoms with Gasteiger partial charge in [0.15, 0.2) is 0 Å². The Balaban J connectivity index is 3.56. The number of aldehydes is 1. The van der Waals surface area contributed by atoms with Crippen LogP contribution < -0.4 is 0 Å². The van der Waals surface area contributed by atoms with E-state index in [1.165, 1.54) is 6.92 Å². The van der Waals surface area contributed by atoms with E-state index in [1.54, 1.807) is 0 Å². The topological polar surface area (TPSA) is 77.8 Å². The molecule has 60 valence electrons. The zero-order valence-corrected chi connectivity index (χ0v) is 5.77. The predicted molar refractivity (Wildman–Crippen MR) is 34.4 cm³/mol. The molecule has 0 heterocycles. The third kappa shape index (κ3) is 3.55. The van der Waals surface area contributed by atoms with Crippen molar-refractivity contribution >= 4 is 6.29 Å². The minimum absolute atomic E-state index is 0.110. The van der Waals surface area contributed by atoms with Crippen LogP contribution in [0.1, 0.15) is 13.3 Å². The second-order valence-corrected chi connectivity index (χ2v) is 2.25. The maximum absolute atomic E-state index is 9.82. The van der Waals surface area contributed by atoms with E-state index in [9.17, 15) is 4.79 Å². The molecular formula is C6H12O4. The van der Waals surface area contributed by atoms with E-state index in [1.807, 2.05) is 0 Å². The van der Waals surface area contributed by atoms with Gasteiger partial charge in [-0.25, -0.2) is 0 Å². The van der Waals surface area contributed by atoms with Crippen LogP contribution >= 0.6 is 0 Å². The lowest BCUT2D eigenvalue weighted by Gasteiger charge is -2.13. The van der Waals surface area contributed by atoms with Crippen LogP contribution in [0.4, 0.5) is 0 Å². The average Bonchev–Trinajstić information content (AvgIpc) is 1.87. The third-order valence-corrected chi connectivity index (χ3v) is 1.20. The monoisotopic (exact) mass is 148 g/mol. The third-order valence-electron chi connectivity index (χ3n) is 1.20. The summed E-state index contributed by atoms with van der Waals surface area (Å²) >= 11 is 0. The molecule has 0 rings (SSSR count). The molecule has 0 amide bonds. The Morgan fingerprint density at radius 1 is 1.40 bits per heavy atom. The van der Waals surface area contributed by atoms with Crippen molar-refractivity contribution in [3.8, 4) is 0 Å². The van der Waals surface area contributed by atoms with Gasteiger partial charge in [0.1, 0.15) is 12.4 Å². The molecule has 4 nitrogen and oxygen atoms in total. The van der Waals surface area contributed by atoms with Crippen molar-refractivity contribution in [2.75, 3.05) is 0 Å². The number of carbonyl (C=O) groups is 1. The first-order valence-corrected chi connectivity index (χ1v) is 3.07. The quantitative estimate of drug-likeness (QED) is 0.432. The first kappa shape index (κ1) is 9.55. The number of hydrogen-bond donors (Lipinski definition) is 3. The fraction of sp³-hybridized carbons (Fsp3) is 0.833. The Hall–Kier alpha value is -0.450. The summed E-state index contributed by atoms with van der Waals surface area (Å²) in [6.07, 6.45) is -2.90. The van der Waals surface area contributed by atoms with Gasteiger partial charge in [-0.2, -0.15) is 0 Å². The number of hydrogen-bond acceptors (Lipinski definition) is 4. The van der Waals surface area contributed by atoms with Gasteiger partial charge >= 0.3 is 0 Å². The Morgan fingerprint density at radius 2 is 1.90 bits per heavy atom. The molecule has 0 saturated heterocycles. The highest BCUT2D eigenvalue weighted by atomic mass is 16.3. The van der Waals surface area contributed by atoms with Gasteiger partial charge < -0.3 is 20.1 Å². The minimum Gasteiger partial charge on any atom is -0.391 e. The van der Waals surface area contributed by atoms with E-state index in [-0.39, 0.29) is 6.42 Å². The van der Waals surface area contributed by atoms with Crippen molar-refractivity contribution in [3.63, 3.8) is 0 Å². The molecule has 0 spiro atoms. The highest BCUT2D eigenvalue weighted by Crippen LogP contribution is 2.00. The molecule has 0 saturated carbocycles. The van der Waals surface area contributed by atoms with Gasteiger partial charge in [-0.3, -0.25) is 0 Å². The SMILES string of the molecule is C[C@H](O)[C@H](O)C[C@@H](O)C=O. The highest BCUT2D eigenvalue weighted by Gasteiger charge is 2.14. The molecule has 10 heavy (non-hydrogen) atoms. The Kier molecular flexibility index (Phi) is 4.18. The van der Waals surface area contributed by atoms with E-state index in [2.05, 4.69) is 0 Å². The van der Waals surface area contributed by atoms with Crippen molar-refractivity contribution in [3.05, 3.63) is 0 Å². The van der Waals surface area contributed by atoms with Crippen LogP contribution in [0.5, 0.6) is 0 Å². The van der Waals surface area contributed by atoms with E-state index in [4.69, 9.17) is 15.3 Å². The Labute approximate surface area is 59.1 Å². The van der Waals surface area contributed by atoms with Crippen LogP contribution in [0.3, 0.4) is 0 Å². The zero-order valence-electron chi connectivity index (χ0n) is 5.77. The molecule has 3 atom stereocenters. The lowest BCUT2D eigenvalue weighted by Crippen LogP contribution is -2.28. The van der Waals surface area contributed by atoms with Crippen LogP contribution in [-0.4, -0.2) is 39.9 Å². The molecule has 0 aromatic rings. The molecule has 0 fully saturated rings. The van der Waals surface area contributed by atoms with Crippen molar-refractivity contribution < 1.29 is 20.1 Å². The molecule has 0 aliphatic rings. The number of aliphatic hydroxyl groups excluding tert-OH is 3. The summed E-state index contributed by atoms with van der Waals surface area (Å²) in [6, 6.07) is 0. The fourth-order valence-corrected chi connectivity index (χ4v) is 0.500. The smallest absolute Gasteiger partial charge is 0.148 e.